The summed E-state index contributed by atoms with van der Waals surface area (Å²) >= 11 is 0. The third kappa shape index (κ3) is 4.94. The number of carbonyl (C=O) groups excluding carboxylic acids is 1. The SMILES string of the molecule is Cc1nc2ccccc2n(CCCNC(=O)[C@H](Cc2cccc(F)c2)n2nnnc2C)c1=O. The quantitative estimate of drug-likeness (QED) is 0.413. The van der Waals surface area contributed by atoms with Gasteiger partial charge in [0.05, 0.1) is 11.0 Å². The van der Waals surface area contributed by atoms with E-state index < -0.39 is 6.04 Å². The van der Waals surface area contributed by atoms with Crippen molar-refractivity contribution >= 4 is 16.9 Å². The molecule has 0 saturated heterocycles. The van der Waals surface area contributed by atoms with Gasteiger partial charge < -0.3 is 9.88 Å². The number of carbonyl (C=O) groups is 1. The Hall–Kier alpha value is -3.95. The fourth-order valence-electron chi connectivity index (χ4n) is 3.81. The summed E-state index contributed by atoms with van der Waals surface area (Å²) in [5, 5.41) is 14.3. The van der Waals surface area contributed by atoms with Crippen LogP contribution in [0.25, 0.3) is 11.0 Å². The standard InChI is InChI=1S/C23H24FN7O2/c1-15-23(33)30(20-10-4-3-9-19(20)26-15)12-6-11-25-22(32)21(31-16(2)27-28-29-31)14-17-7-5-8-18(24)13-17/h3-5,7-10,13,21H,6,11-12,14H2,1-2H3,(H,25,32)/t21-/m0/s1. The molecule has 0 fully saturated rings. The Morgan fingerprint density at radius 1 is 1.15 bits per heavy atom. The van der Waals surface area contributed by atoms with Crippen LogP contribution in [0.1, 0.15) is 29.5 Å². The first-order valence-corrected chi connectivity index (χ1v) is 10.7. The first kappa shape index (κ1) is 22.3. The second-order valence-corrected chi connectivity index (χ2v) is 7.81. The van der Waals surface area contributed by atoms with E-state index >= 15 is 0 Å². The van der Waals surface area contributed by atoms with Crippen molar-refractivity contribution in [1.82, 2.24) is 35.1 Å². The van der Waals surface area contributed by atoms with Crippen LogP contribution in [-0.4, -0.2) is 42.2 Å². The van der Waals surface area contributed by atoms with Crippen molar-refractivity contribution < 1.29 is 9.18 Å². The number of para-hydroxylation sites is 2. The average molecular weight is 449 g/mol. The van der Waals surface area contributed by atoms with E-state index in [4.69, 9.17) is 0 Å². The van der Waals surface area contributed by atoms with Crippen molar-refractivity contribution in [3.63, 3.8) is 0 Å². The van der Waals surface area contributed by atoms with Gasteiger partial charge in [0.1, 0.15) is 23.4 Å². The highest BCUT2D eigenvalue weighted by atomic mass is 19.1. The van der Waals surface area contributed by atoms with Crippen LogP contribution < -0.4 is 10.9 Å². The highest BCUT2D eigenvalue weighted by molar-refractivity contribution is 5.80. The molecule has 0 radical (unpaired) electrons. The first-order valence-electron chi connectivity index (χ1n) is 10.7. The lowest BCUT2D eigenvalue weighted by molar-refractivity contribution is -0.124. The van der Waals surface area contributed by atoms with Gasteiger partial charge >= 0.3 is 0 Å². The van der Waals surface area contributed by atoms with E-state index in [0.717, 1.165) is 11.0 Å². The zero-order valence-electron chi connectivity index (χ0n) is 18.4. The fraction of sp³-hybridized carbons (Fsp3) is 0.304. The van der Waals surface area contributed by atoms with E-state index in [1.807, 2.05) is 24.3 Å². The number of benzene rings is 2. The molecular formula is C23H24FN7O2. The fourth-order valence-corrected chi connectivity index (χ4v) is 3.81. The predicted molar refractivity (Wildman–Crippen MR) is 120 cm³/mol. The van der Waals surface area contributed by atoms with Gasteiger partial charge in [-0.1, -0.05) is 24.3 Å². The number of halogens is 1. The van der Waals surface area contributed by atoms with Gasteiger partial charge in [-0.3, -0.25) is 9.59 Å². The molecule has 1 N–H and O–H groups in total. The van der Waals surface area contributed by atoms with E-state index in [9.17, 15) is 14.0 Å². The molecule has 4 aromatic rings. The molecule has 0 aliphatic rings. The molecule has 2 heterocycles. The number of hydrogen-bond donors (Lipinski definition) is 1. The van der Waals surface area contributed by atoms with E-state index in [-0.39, 0.29) is 23.7 Å². The number of nitrogens with one attached hydrogen (secondary N) is 1. The van der Waals surface area contributed by atoms with Crippen molar-refractivity contribution in [2.24, 2.45) is 0 Å². The Bertz CT molecular complexity index is 1350. The van der Waals surface area contributed by atoms with Gasteiger partial charge in [-0.2, -0.15) is 0 Å². The molecule has 9 nitrogen and oxygen atoms in total. The van der Waals surface area contributed by atoms with E-state index in [0.29, 0.717) is 36.6 Å². The normalized spacial score (nSPS) is 12.1. The minimum absolute atomic E-state index is 0.145. The largest absolute Gasteiger partial charge is 0.354 e. The smallest absolute Gasteiger partial charge is 0.272 e. The minimum Gasteiger partial charge on any atom is -0.354 e. The molecular weight excluding hydrogens is 425 g/mol. The maximum atomic E-state index is 13.6. The van der Waals surface area contributed by atoms with Gasteiger partial charge in [-0.15, -0.1) is 5.10 Å². The molecule has 0 aliphatic heterocycles. The lowest BCUT2D eigenvalue weighted by Gasteiger charge is -2.18. The Morgan fingerprint density at radius 3 is 2.73 bits per heavy atom. The lowest BCUT2D eigenvalue weighted by Crippen LogP contribution is -2.36. The topological polar surface area (TPSA) is 108 Å². The van der Waals surface area contributed by atoms with Gasteiger partial charge in [0.15, 0.2) is 0 Å². The number of hydrogen-bond acceptors (Lipinski definition) is 6. The van der Waals surface area contributed by atoms with Crippen molar-refractivity contribution in [2.75, 3.05) is 6.54 Å². The zero-order chi connectivity index (χ0) is 23.4. The molecule has 33 heavy (non-hydrogen) atoms. The molecule has 2 aromatic carbocycles. The number of tetrazole rings is 1. The number of fused-ring (bicyclic) bond motifs is 1. The number of aryl methyl sites for hydroxylation is 3. The Labute approximate surface area is 189 Å². The molecule has 4 rings (SSSR count). The molecule has 0 unspecified atom stereocenters. The summed E-state index contributed by atoms with van der Waals surface area (Å²) < 4.78 is 16.8. The second-order valence-electron chi connectivity index (χ2n) is 7.81. The van der Waals surface area contributed by atoms with Crippen molar-refractivity contribution in [1.29, 1.82) is 0 Å². The summed E-state index contributed by atoms with van der Waals surface area (Å²) in [6.45, 7) is 4.18. The molecule has 170 valence electrons. The van der Waals surface area contributed by atoms with Crippen molar-refractivity contribution in [2.45, 2.75) is 39.3 Å². The Balaban J connectivity index is 1.45. The lowest BCUT2D eigenvalue weighted by atomic mass is 10.0. The third-order valence-corrected chi connectivity index (χ3v) is 5.45. The molecule has 2 aromatic heterocycles. The first-order chi connectivity index (χ1) is 15.9. The number of amides is 1. The molecule has 1 amide bonds. The van der Waals surface area contributed by atoms with Crippen molar-refractivity contribution in [3.8, 4) is 0 Å². The summed E-state index contributed by atoms with van der Waals surface area (Å²) in [7, 11) is 0. The van der Waals surface area contributed by atoms with Crippen LogP contribution in [0.5, 0.6) is 0 Å². The summed E-state index contributed by atoms with van der Waals surface area (Å²) in [4.78, 5) is 30.0. The van der Waals surface area contributed by atoms with E-state index in [1.54, 1.807) is 30.5 Å². The van der Waals surface area contributed by atoms with Crippen LogP contribution in [-0.2, 0) is 17.8 Å². The summed E-state index contributed by atoms with van der Waals surface area (Å²) in [5.74, 6) is -0.167. The average Bonchev–Trinajstić information content (AvgIpc) is 3.22. The van der Waals surface area contributed by atoms with Crippen LogP contribution in [0.15, 0.2) is 53.3 Å². The summed E-state index contributed by atoms with van der Waals surface area (Å²) in [5.41, 5.74) is 2.46. The number of rotatable bonds is 8. The highest BCUT2D eigenvalue weighted by Gasteiger charge is 2.24. The number of nitrogens with zero attached hydrogens (tertiary/aromatic N) is 6. The summed E-state index contributed by atoms with van der Waals surface area (Å²) in [6.07, 6.45) is 0.781. The molecule has 0 spiro atoms. The van der Waals surface area contributed by atoms with E-state index in [2.05, 4.69) is 25.8 Å². The molecule has 1 atom stereocenters. The van der Waals surface area contributed by atoms with Crippen LogP contribution in [0.2, 0.25) is 0 Å². The van der Waals surface area contributed by atoms with Gasteiger partial charge in [-0.05, 0) is 60.5 Å². The molecule has 10 heteroatoms. The van der Waals surface area contributed by atoms with Crippen LogP contribution in [0, 0.1) is 19.7 Å². The third-order valence-electron chi connectivity index (χ3n) is 5.45. The summed E-state index contributed by atoms with van der Waals surface area (Å²) in [6, 6.07) is 12.8. The second kappa shape index (κ2) is 9.68. The Kier molecular flexibility index (Phi) is 6.53. The van der Waals surface area contributed by atoms with Crippen LogP contribution in [0.4, 0.5) is 4.39 Å². The molecule has 0 aliphatic carbocycles. The van der Waals surface area contributed by atoms with Crippen molar-refractivity contribution in [3.05, 3.63) is 81.8 Å². The van der Waals surface area contributed by atoms with E-state index in [1.165, 1.54) is 16.8 Å². The maximum Gasteiger partial charge on any atom is 0.272 e. The number of aromatic nitrogens is 6. The van der Waals surface area contributed by atoms with Gasteiger partial charge in [0.2, 0.25) is 5.91 Å². The maximum absolute atomic E-state index is 13.6. The Morgan fingerprint density at radius 2 is 1.97 bits per heavy atom. The van der Waals surface area contributed by atoms with Gasteiger partial charge in [0, 0.05) is 19.5 Å². The van der Waals surface area contributed by atoms with Crippen LogP contribution in [0.3, 0.4) is 0 Å². The zero-order valence-corrected chi connectivity index (χ0v) is 18.4. The minimum atomic E-state index is -0.728. The molecule has 0 saturated carbocycles. The predicted octanol–water partition coefficient (Wildman–Crippen LogP) is 2.13. The monoisotopic (exact) mass is 449 g/mol. The van der Waals surface area contributed by atoms with Crippen LogP contribution >= 0.6 is 0 Å². The molecule has 0 bridgehead atoms. The van der Waals surface area contributed by atoms with Gasteiger partial charge in [-0.25, -0.2) is 14.1 Å². The van der Waals surface area contributed by atoms with Gasteiger partial charge in [0.25, 0.3) is 5.56 Å². The highest BCUT2D eigenvalue weighted by Crippen LogP contribution is 2.16.